The molecule has 1 aliphatic heterocycles. The van der Waals surface area contributed by atoms with Crippen molar-refractivity contribution in [2.45, 2.75) is 25.3 Å². The maximum absolute atomic E-state index is 12.9. The van der Waals surface area contributed by atoms with Gasteiger partial charge in [-0.3, -0.25) is 4.79 Å². The summed E-state index contributed by atoms with van der Waals surface area (Å²) >= 11 is 0. The van der Waals surface area contributed by atoms with Gasteiger partial charge in [0.25, 0.3) is 5.91 Å². The Morgan fingerprint density at radius 1 is 1.38 bits per heavy atom. The fourth-order valence-corrected chi connectivity index (χ4v) is 3.03. The lowest BCUT2D eigenvalue weighted by molar-refractivity contribution is 0.0576. The van der Waals surface area contributed by atoms with Crippen LogP contribution in [0.5, 0.6) is 0 Å². The zero-order valence-electron chi connectivity index (χ0n) is 12.6. The number of aromatic nitrogens is 3. The van der Waals surface area contributed by atoms with Crippen LogP contribution in [0.25, 0.3) is 5.52 Å². The fraction of sp³-hybridized carbons (Fsp3) is 0.533. The summed E-state index contributed by atoms with van der Waals surface area (Å²) in [6.45, 7) is 1.73. The lowest BCUT2D eigenvalue weighted by atomic mass is 10.0. The van der Waals surface area contributed by atoms with E-state index in [1.165, 1.54) is 11.1 Å². The van der Waals surface area contributed by atoms with Gasteiger partial charge in [-0.05, 0) is 45.5 Å². The van der Waals surface area contributed by atoms with Crippen molar-refractivity contribution in [1.29, 1.82) is 0 Å². The van der Waals surface area contributed by atoms with Gasteiger partial charge >= 0.3 is 0 Å². The van der Waals surface area contributed by atoms with Crippen LogP contribution in [0.2, 0.25) is 0 Å². The molecule has 0 aliphatic carbocycles. The van der Waals surface area contributed by atoms with E-state index in [9.17, 15) is 4.79 Å². The van der Waals surface area contributed by atoms with E-state index in [1.807, 2.05) is 17.0 Å². The third kappa shape index (κ3) is 2.76. The van der Waals surface area contributed by atoms with Crippen molar-refractivity contribution >= 4 is 11.4 Å². The number of likely N-dealkylation sites (tertiary alicyclic amines) is 1. The third-order valence-electron chi connectivity index (χ3n) is 4.00. The molecule has 1 atom stereocenters. The van der Waals surface area contributed by atoms with Crippen molar-refractivity contribution in [2.75, 3.05) is 27.2 Å². The van der Waals surface area contributed by atoms with Gasteiger partial charge in [0.1, 0.15) is 5.52 Å². The molecule has 1 unspecified atom stereocenters. The minimum atomic E-state index is 0.0737. The van der Waals surface area contributed by atoms with E-state index < -0.39 is 0 Å². The number of fused-ring (bicyclic) bond motifs is 1. The van der Waals surface area contributed by atoms with Crippen molar-refractivity contribution in [3.05, 3.63) is 30.1 Å². The van der Waals surface area contributed by atoms with E-state index in [1.54, 1.807) is 12.4 Å². The zero-order valence-corrected chi connectivity index (χ0v) is 12.6. The molecule has 21 heavy (non-hydrogen) atoms. The second kappa shape index (κ2) is 5.81. The van der Waals surface area contributed by atoms with Crippen LogP contribution in [0.1, 0.15) is 29.6 Å². The Labute approximate surface area is 124 Å². The highest BCUT2D eigenvalue weighted by molar-refractivity contribution is 6.00. The zero-order chi connectivity index (χ0) is 14.8. The predicted molar refractivity (Wildman–Crippen MR) is 80.2 cm³/mol. The Morgan fingerprint density at radius 3 is 3.05 bits per heavy atom. The van der Waals surface area contributed by atoms with Gasteiger partial charge in [0.2, 0.25) is 0 Å². The molecule has 0 radical (unpaired) electrons. The highest BCUT2D eigenvalue weighted by Crippen LogP contribution is 2.21. The molecule has 3 heterocycles. The summed E-state index contributed by atoms with van der Waals surface area (Å²) in [6.07, 6.45) is 6.64. The molecule has 2 aromatic rings. The predicted octanol–water partition coefficient (Wildman–Crippen LogP) is 1.29. The molecule has 0 N–H and O–H groups in total. The molecular weight excluding hydrogens is 266 g/mol. The number of nitrogens with zero attached hydrogens (tertiary/aromatic N) is 5. The number of amides is 1. The molecule has 3 rings (SSSR count). The topological polar surface area (TPSA) is 53.7 Å². The molecule has 0 aromatic carbocycles. The Kier molecular flexibility index (Phi) is 3.88. The SMILES string of the molecule is CN(C)CC1CCCCN1C(=O)c1cnn2ncccc12. The summed E-state index contributed by atoms with van der Waals surface area (Å²) in [5.74, 6) is 0.0737. The van der Waals surface area contributed by atoms with Gasteiger partial charge in [0, 0.05) is 25.3 Å². The van der Waals surface area contributed by atoms with Crippen molar-refractivity contribution in [1.82, 2.24) is 24.6 Å². The average Bonchev–Trinajstić information content (AvgIpc) is 2.90. The van der Waals surface area contributed by atoms with Gasteiger partial charge in [-0.1, -0.05) is 0 Å². The van der Waals surface area contributed by atoms with Gasteiger partial charge in [0.15, 0.2) is 0 Å². The van der Waals surface area contributed by atoms with Gasteiger partial charge in [-0.25, -0.2) is 0 Å². The van der Waals surface area contributed by atoms with Crippen LogP contribution in [0, 0.1) is 0 Å². The van der Waals surface area contributed by atoms with Crippen molar-refractivity contribution in [3.8, 4) is 0 Å². The number of piperidine rings is 1. The first-order valence-electron chi connectivity index (χ1n) is 7.41. The Balaban J connectivity index is 1.88. The quantitative estimate of drug-likeness (QED) is 0.853. The molecule has 2 aromatic heterocycles. The molecule has 0 saturated carbocycles. The summed E-state index contributed by atoms with van der Waals surface area (Å²) in [6, 6.07) is 4.01. The minimum Gasteiger partial charge on any atom is -0.334 e. The van der Waals surface area contributed by atoms with Crippen LogP contribution in [0.15, 0.2) is 24.5 Å². The minimum absolute atomic E-state index is 0.0737. The highest BCUT2D eigenvalue weighted by Gasteiger charge is 2.29. The molecule has 1 saturated heterocycles. The van der Waals surface area contributed by atoms with E-state index in [0.717, 1.165) is 31.4 Å². The maximum atomic E-state index is 12.9. The average molecular weight is 287 g/mol. The van der Waals surface area contributed by atoms with Crippen molar-refractivity contribution in [2.24, 2.45) is 0 Å². The summed E-state index contributed by atoms with van der Waals surface area (Å²) in [5.41, 5.74) is 1.42. The lowest BCUT2D eigenvalue weighted by Gasteiger charge is -2.37. The monoisotopic (exact) mass is 287 g/mol. The van der Waals surface area contributed by atoms with Gasteiger partial charge in [-0.15, -0.1) is 0 Å². The number of carbonyl (C=O) groups excluding carboxylic acids is 1. The highest BCUT2D eigenvalue weighted by atomic mass is 16.2. The smallest absolute Gasteiger partial charge is 0.258 e. The van der Waals surface area contributed by atoms with Gasteiger partial charge in [0.05, 0.1) is 11.8 Å². The number of hydrogen-bond donors (Lipinski definition) is 0. The van der Waals surface area contributed by atoms with Crippen LogP contribution in [0.4, 0.5) is 0 Å². The summed E-state index contributed by atoms with van der Waals surface area (Å²) in [5, 5.41) is 8.29. The number of carbonyl (C=O) groups is 1. The van der Waals surface area contributed by atoms with Crippen molar-refractivity contribution in [3.63, 3.8) is 0 Å². The van der Waals surface area contributed by atoms with Gasteiger partial charge in [-0.2, -0.15) is 14.8 Å². The number of rotatable bonds is 3. The second-order valence-corrected chi connectivity index (χ2v) is 5.87. The number of hydrogen-bond acceptors (Lipinski definition) is 4. The largest absolute Gasteiger partial charge is 0.334 e. The van der Waals surface area contributed by atoms with E-state index >= 15 is 0 Å². The Hall–Kier alpha value is -1.95. The first-order chi connectivity index (χ1) is 10.2. The molecule has 6 heteroatoms. The third-order valence-corrected chi connectivity index (χ3v) is 4.00. The summed E-state index contributed by atoms with van der Waals surface area (Å²) < 4.78 is 1.51. The van der Waals surface area contributed by atoms with Crippen LogP contribution in [-0.2, 0) is 0 Å². The fourth-order valence-electron chi connectivity index (χ4n) is 3.03. The lowest BCUT2D eigenvalue weighted by Crippen LogP contribution is -2.48. The molecule has 0 spiro atoms. The normalized spacial score (nSPS) is 19.4. The van der Waals surface area contributed by atoms with Crippen LogP contribution < -0.4 is 0 Å². The van der Waals surface area contributed by atoms with Crippen LogP contribution in [-0.4, -0.2) is 63.8 Å². The second-order valence-electron chi connectivity index (χ2n) is 5.87. The molecule has 6 nitrogen and oxygen atoms in total. The maximum Gasteiger partial charge on any atom is 0.258 e. The van der Waals surface area contributed by atoms with Crippen molar-refractivity contribution < 1.29 is 4.79 Å². The molecule has 1 amide bonds. The van der Waals surface area contributed by atoms with Crippen LogP contribution in [0.3, 0.4) is 0 Å². The Morgan fingerprint density at radius 2 is 2.24 bits per heavy atom. The number of likely N-dealkylation sites (N-methyl/N-ethyl adjacent to an activating group) is 1. The molecular formula is C15H21N5O. The first kappa shape index (κ1) is 14.0. The van der Waals surface area contributed by atoms with E-state index in [4.69, 9.17) is 0 Å². The first-order valence-corrected chi connectivity index (χ1v) is 7.41. The molecule has 0 bridgehead atoms. The van der Waals surface area contributed by atoms with E-state index in [-0.39, 0.29) is 11.9 Å². The van der Waals surface area contributed by atoms with E-state index in [0.29, 0.717) is 5.56 Å². The van der Waals surface area contributed by atoms with E-state index in [2.05, 4.69) is 29.2 Å². The Bertz CT molecular complexity index is 636. The molecule has 112 valence electrons. The van der Waals surface area contributed by atoms with Crippen LogP contribution >= 0.6 is 0 Å². The van der Waals surface area contributed by atoms with Gasteiger partial charge < -0.3 is 9.80 Å². The summed E-state index contributed by atoms with van der Waals surface area (Å²) in [7, 11) is 4.10. The summed E-state index contributed by atoms with van der Waals surface area (Å²) in [4.78, 5) is 17.0. The standard InChI is InChI=1S/C15H21N5O/c1-18(2)11-12-6-3-4-9-19(12)15(21)13-10-17-20-14(13)7-5-8-16-20/h5,7-8,10,12H,3-4,6,9,11H2,1-2H3. The molecule has 1 aliphatic rings. The molecule has 1 fully saturated rings.